The average Bonchev–Trinajstić information content (AvgIpc) is 2.87. The van der Waals surface area contributed by atoms with E-state index in [1.165, 1.54) is 40.9 Å². The lowest BCUT2D eigenvalue weighted by Gasteiger charge is -2.39. The first-order chi connectivity index (χ1) is 16.1. The summed E-state index contributed by atoms with van der Waals surface area (Å²) in [4.78, 5) is 9.79. The lowest BCUT2D eigenvalue weighted by Crippen LogP contribution is -2.48. The molecule has 2 aliphatic heterocycles. The highest BCUT2D eigenvalue weighted by Crippen LogP contribution is 2.33. The summed E-state index contributed by atoms with van der Waals surface area (Å²) in [5.41, 5.74) is 7.02. The number of likely N-dealkylation sites (N-methyl/N-ethyl adjacent to an activating group) is 1. The average molecular weight is 468 g/mol. The molecule has 7 heteroatoms. The first kappa shape index (κ1) is 23.0. The minimum absolute atomic E-state index is 0.418. The quantitative estimate of drug-likeness (QED) is 0.708. The number of piperazine rings is 1. The second-order valence-electron chi connectivity index (χ2n) is 9.62. The van der Waals surface area contributed by atoms with Gasteiger partial charge in [-0.1, -0.05) is 25.1 Å². The first-order valence-electron chi connectivity index (χ1n) is 12.5. The van der Waals surface area contributed by atoms with Crippen LogP contribution < -0.4 is 10.2 Å². The van der Waals surface area contributed by atoms with Crippen molar-refractivity contribution in [3.63, 3.8) is 0 Å². The summed E-state index contributed by atoms with van der Waals surface area (Å²) >= 11 is 0. The van der Waals surface area contributed by atoms with E-state index < -0.39 is 11.0 Å². The zero-order chi connectivity index (χ0) is 22.8. The number of hydrogen-bond acceptors (Lipinski definition) is 5. The summed E-state index contributed by atoms with van der Waals surface area (Å²) in [5.74, 6) is 0.711. The Morgan fingerprint density at radius 3 is 2.79 bits per heavy atom. The Hall–Kier alpha value is -1.80. The molecule has 1 aromatic carbocycles. The van der Waals surface area contributed by atoms with E-state index >= 15 is 0 Å². The van der Waals surface area contributed by atoms with Crippen molar-refractivity contribution in [2.24, 2.45) is 0 Å². The van der Waals surface area contributed by atoms with Gasteiger partial charge < -0.3 is 10.2 Å². The van der Waals surface area contributed by atoms with Crippen LogP contribution in [0.25, 0.3) is 0 Å². The molecule has 178 valence electrons. The van der Waals surface area contributed by atoms with Gasteiger partial charge in [-0.05, 0) is 61.6 Å². The van der Waals surface area contributed by atoms with E-state index in [1.54, 1.807) is 0 Å². The molecule has 0 spiro atoms. The minimum atomic E-state index is -0.832. The Labute approximate surface area is 201 Å². The van der Waals surface area contributed by atoms with Gasteiger partial charge in [-0.25, -0.2) is 8.51 Å². The highest BCUT2D eigenvalue weighted by Gasteiger charge is 2.30. The maximum atomic E-state index is 12.2. The van der Waals surface area contributed by atoms with Crippen LogP contribution in [0.2, 0.25) is 0 Å². The van der Waals surface area contributed by atoms with Crippen LogP contribution in [0.4, 0.5) is 5.69 Å². The molecular weight excluding hydrogens is 430 g/mol. The van der Waals surface area contributed by atoms with E-state index in [2.05, 4.69) is 56.8 Å². The predicted molar refractivity (Wildman–Crippen MR) is 136 cm³/mol. The second-order valence-corrected chi connectivity index (χ2v) is 11.4. The molecule has 2 aromatic rings. The molecule has 1 fully saturated rings. The molecule has 1 aliphatic carbocycles. The van der Waals surface area contributed by atoms with E-state index in [9.17, 15) is 4.21 Å². The van der Waals surface area contributed by atoms with Crippen molar-refractivity contribution >= 4 is 16.7 Å². The summed E-state index contributed by atoms with van der Waals surface area (Å²) in [5, 5.41) is 3.80. The predicted octanol–water partition coefficient (Wildman–Crippen LogP) is 2.91. The summed E-state index contributed by atoms with van der Waals surface area (Å²) in [6.07, 6.45) is 6.60. The van der Waals surface area contributed by atoms with Crippen molar-refractivity contribution in [1.29, 1.82) is 0 Å². The van der Waals surface area contributed by atoms with Crippen LogP contribution in [0, 0.1) is 0 Å². The second kappa shape index (κ2) is 10.2. The van der Waals surface area contributed by atoms with Crippen LogP contribution in [0.15, 0.2) is 36.5 Å². The SMILES string of the molecule is CCS(=O)N1CCN(c2cccc3c2C[C@H](CN(C)[C@H]2CCCc4cccnc42)NC3)CC1. The number of pyridine rings is 1. The van der Waals surface area contributed by atoms with Crippen molar-refractivity contribution in [2.75, 3.05) is 50.4 Å². The van der Waals surface area contributed by atoms with Crippen LogP contribution in [-0.2, 0) is 30.4 Å². The molecule has 1 N–H and O–H groups in total. The lowest BCUT2D eigenvalue weighted by molar-refractivity contribution is 0.191. The van der Waals surface area contributed by atoms with Gasteiger partial charge in [0.25, 0.3) is 0 Å². The van der Waals surface area contributed by atoms with Gasteiger partial charge in [0.2, 0.25) is 0 Å². The van der Waals surface area contributed by atoms with E-state index in [0.29, 0.717) is 17.8 Å². The summed E-state index contributed by atoms with van der Waals surface area (Å²) in [6.45, 7) is 7.61. The Balaban J connectivity index is 1.27. The number of aryl methyl sites for hydroxylation is 1. The highest BCUT2D eigenvalue weighted by atomic mass is 32.2. The largest absolute Gasteiger partial charge is 0.369 e. The fourth-order valence-electron chi connectivity index (χ4n) is 5.82. The Morgan fingerprint density at radius 2 is 1.97 bits per heavy atom. The molecule has 1 aromatic heterocycles. The Bertz CT molecular complexity index is 990. The summed E-state index contributed by atoms with van der Waals surface area (Å²) in [6, 6.07) is 11.9. The van der Waals surface area contributed by atoms with Crippen molar-refractivity contribution in [2.45, 2.75) is 51.2 Å². The molecule has 1 unspecified atom stereocenters. The normalized spacial score (nSPS) is 24.4. The molecule has 3 heterocycles. The number of benzene rings is 1. The van der Waals surface area contributed by atoms with Crippen molar-refractivity contribution < 1.29 is 4.21 Å². The van der Waals surface area contributed by atoms with E-state index in [-0.39, 0.29) is 0 Å². The molecule has 0 bridgehead atoms. The van der Waals surface area contributed by atoms with E-state index in [1.807, 2.05) is 13.1 Å². The number of nitrogens with zero attached hydrogens (tertiary/aromatic N) is 4. The van der Waals surface area contributed by atoms with Crippen molar-refractivity contribution in [3.8, 4) is 0 Å². The molecule has 6 nitrogen and oxygen atoms in total. The molecule has 1 saturated heterocycles. The number of nitrogens with one attached hydrogen (secondary N) is 1. The number of hydrogen-bond donors (Lipinski definition) is 1. The zero-order valence-corrected chi connectivity index (χ0v) is 20.8. The fraction of sp³-hybridized carbons (Fsp3) is 0.577. The number of rotatable bonds is 6. The van der Waals surface area contributed by atoms with Gasteiger partial charge in [-0.15, -0.1) is 0 Å². The van der Waals surface area contributed by atoms with Gasteiger partial charge in [-0.3, -0.25) is 9.88 Å². The monoisotopic (exact) mass is 467 g/mol. The van der Waals surface area contributed by atoms with Gasteiger partial charge in [0.1, 0.15) is 0 Å². The maximum Gasteiger partial charge on any atom is 0.0940 e. The lowest BCUT2D eigenvalue weighted by atomic mass is 9.89. The minimum Gasteiger partial charge on any atom is -0.369 e. The third kappa shape index (κ3) is 4.87. The smallest absolute Gasteiger partial charge is 0.0940 e. The number of fused-ring (bicyclic) bond motifs is 2. The maximum absolute atomic E-state index is 12.2. The third-order valence-electron chi connectivity index (χ3n) is 7.60. The molecular formula is C26H37N5OS. The first-order valence-corrected chi connectivity index (χ1v) is 13.8. The van der Waals surface area contributed by atoms with Crippen molar-refractivity contribution in [1.82, 2.24) is 19.5 Å². The van der Waals surface area contributed by atoms with Crippen LogP contribution in [-0.4, -0.2) is 70.0 Å². The molecule has 0 saturated carbocycles. The standard InChI is InChI=1S/C26H37N5OS/c1-3-33(32)31-15-13-30(14-16-31)24-10-5-8-21-18-28-22(17-23(21)24)19-29(2)25-11-4-7-20-9-6-12-27-26(20)25/h5-6,8-10,12,22,25,28H,3-4,7,11,13-19H2,1-2H3/t22-,25+,33?/m1/s1. The molecule has 3 aliphatic rings. The van der Waals surface area contributed by atoms with E-state index in [0.717, 1.165) is 52.1 Å². The van der Waals surface area contributed by atoms with Crippen LogP contribution >= 0.6 is 0 Å². The van der Waals surface area contributed by atoms with Gasteiger partial charge >= 0.3 is 0 Å². The summed E-state index contributed by atoms with van der Waals surface area (Å²) in [7, 11) is 1.44. The Kier molecular flexibility index (Phi) is 7.11. The van der Waals surface area contributed by atoms with Gasteiger partial charge in [-0.2, -0.15) is 0 Å². The zero-order valence-electron chi connectivity index (χ0n) is 20.0. The third-order valence-corrected chi connectivity index (χ3v) is 9.04. The Morgan fingerprint density at radius 1 is 1.15 bits per heavy atom. The van der Waals surface area contributed by atoms with Gasteiger partial charge in [0.15, 0.2) is 0 Å². The summed E-state index contributed by atoms with van der Waals surface area (Å²) < 4.78 is 14.3. The molecule has 5 rings (SSSR count). The molecule has 0 radical (unpaired) electrons. The molecule has 3 atom stereocenters. The highest BCUT2D eigenvalue weighted by molar-refractivity contribution is 7.82. The number of aromatic nitrogens is 1. The molecule has 33 heavy (non-hydrogen) atoms. The van der Waals surface area contributed by atoms with Crippen LogP contribution in [0.1, 0.15) is 48.2 Å². The van der Waals surface area contributed by atoms with E-state index in [4.69, 9.17) is 4.98 Å². The van der Waals surface area contributed by atoms with Crippen LogP contribution in [0.3, 0.4) is 0 Å². The van der Waals surface area contributed by atoms with Crippen molar-refractivity contribution in [3.05, 3.63) is 58.9 Å². The van der Waals surface area contributed by atoms with Gasteiger partial charge in [0, 0.05) is 62.9 Å². The van der Waals surface area contributed by atoms with Crippen LogP contribution in [0.5, 0.6) is 0 Å². The number of anilines is 1. The fourth-order valence-corrected chi connectivity index (χ4v) is 6.76. The molecule has 0 amide bonds. The van der Waals surface area contributed by atoms with Gasteiger partial charge in [0.05, 0.1) is 22.7 Å². The topological polar surface area (TPSA) is 51.7 Å².